The predicted octanol–water partition coefficient (Wildman–Crippen LogP) is 1.75. The first kappa shape index (κ1) is 15.1. The van der Waals surface area contributed by atoms with Crippen LogP contribution in [0.3, 0.4) is 0 Å². The van der Waals surface area contributed by atoms with Crippen LogP contribution in [0.25, 0.3) is 0 Å². The summed E-state index contributed by atoms with van der Waals surface area (Å²) in [6.07, 6.45) is 0. The van der Waals surface area contributed by atoms with Gasteiger partial charge in [0.15, 0.2) is 0 Å². The highest BCUT2D eigenvalue weighted by molar-refractivity contribution is 5.85. The van der Waals surface area contributed by atoms with Gasteiger partial charge in [-0.25, -0.2) is 8.78 Å². The third-order valence-corrected chi connectivity index (χ3v) is 2.27. The number of halogens is 3. The van der Waals surface area contributed by atoms with Gasteiger partial charge >= 0.3 is 0 Å². The van der Waals surface area contributed by atoms with Gasteiger partial charge in [0.05, 0.1) is 0 Å². The van der Waals surface area contributed by atoms with Crippen molar-refractivity contribution in [2.75, 3.05) is 6.61 Å². The summed E-state index contributed by atoms with van der Waals surface area (Å²) in [5.74, 6) is -3.69. The van der Waals surface area contributed by atoms with Crippen LogP contribution in [0.1, 0.15) is 17.2 Å². The van der Waals surface area contributed by atoms with Crippen LogP contribution >= 0.6 is 12.4 Å². The average Bonchev–Trinajstić information content (AvgIpc) is 2.21. The van der Waals surface area contributed by atoms with Crippen LogP contribution in [0.4, 0.5) is 8.78 Å². The van der Waals surface area contributed by atoms with Crippen LogP contribution in [-0.2, 0) is 0 Å². The van der Waals surface area contributed by atoms with Gasteiger partial charge in [0.1, 0.15) is 18.4 Å². The monoisotopic (exact) mass is 253 g/mol. The van der Waals surface area contributed by atoms with E-state index in [1.165, 1.54) is 12.1 Å². The molecule has 3 nitrogen and oxygen atoms in total. The minimum Gasteiger partial charge on any atom is -0.507 e. The summed E-state index contributed by atoms with van der Waals surface area (Å²) in [7, 11) is 0. The molecule has 0 fully saturated rings. The van der Waals surface area contributed by atoms with Crippen molar-refractivity contribution in [3.8, 4) is 5.75 Å². The Labute approximate surface area is 98.3 Å². The third-order valence-electron chi connectivity index (χ3n) is 2.27. The number of benzene rings is 1. The quantitative estimate of drug-likeness (QED) is 0.769. The molecule has 0 aliphatic rings. The van der Waals surface area contributed by atoms with Crippen molar-refractivity contribution >= 4 is 12.4 Å². The molecule has 1 atom stereocenters. The van der Waals surface area contributed by atoms with Crippen LogP contribution in [0.5, 0.6) is 5.75 Å². The number of aliphatic hydroxyl groups excluding tert-OH is 1. The first-order valence-corrected chi connectivity index (χ1v) is 4.43. The Bertz CT molecular complexity index is 361. The van der Waals surface area contributed by atoms with Gasteiger partial charge in [-0.05, 0) is 12.5 Å². The number of hydrogen-bond donors (Lipinski definition) is 3. The van der Waals surface area contributed by atoms with Crippen LogP contribution in [0.2, 0.25) is 0 Å². The Morgan fingerprint density at radius 2 is 2.00 bits per heavy atom. The molecule has 0 amide bonds. The molecule has 1 aromatic carbocycles. The second kappa shape index (κ2) is 5.43. The van der Waals surface area contributed by atoms with Gasteiger partial charge in [0.2, 0.25) is 0 Å². The standard InChI is InChI=1S/C10H13F2NO2.ClH/c1-6-3-2-4-7(8(6)15)9(13)10(11,12)5-14;/h2-4,9,14-15H,5,13H2,1H3;1H/t9-;/m0./s1. The van der Waals surface area contributed by atoms with Gasteiger partial charge in [-0.1, -0.05) is 18.2 Å². The van der Waals surface area contributed by atoms with E-state index in [1.807, 2.05) is 0 Å². The Balaban J connectivity index is 0.00000225. The summed E-state index contributed by atoms with van der Waals surface area (Å²) in [4.78, 5) is 0. The highest BCUT2D eigenvalue weighted by Gasteiger charge is 2.38. The molecule has 0 aliphatic carbocycles. The molecular formula is C10H14ClF2NO2. The largest absolute Gasteiger partial charge is 0.507 e. The van der Waals surface area contributed by atoms with Gasteiger partial charge in [-0.3, -0.25) is 0 Å². The van der Waals surface area contributed by atoms with Gasteiger partial charge in [0.25, 0.3) is 5.92 Å². The Kier molecular flexibility index (Phi) is 5.12. The Morgan fingerprint density at radius 1 is 1.44 bits per heavy atom. The maximum Gasteiger partial charge on any atom is 0.289 e. The summed E-state index contributed by atoms with van der Waals surface area (Å²) >= 11 is 0. The van der Waals surface area contributed by atoms with Crippen molar-refractivity contribution < 1.29 is 19.0 Å². The van der Waals surface area contributed by atoms with E-state index in [-0.39, 0.29) is 23.7 Å². The summed E-state index contributed by atoms with van der Waals surface area (Å²) < 4.78 is 26.1. The molecule has 92 valence electrons. The molecule has 0 spiro atoms. The van der Waals surface area contributed by atoms with Crippen molar-refractivity contribution in [1.29, 1.82) is 0 Å². The number of para-hydroxylation sites is 1. The number of nitrogens with two attached hydrogens (primary N) is 1. The SMILES string of the molecule is Cc1cccc([C@H](N)C(F)(F)CO)c1O.Cl. The van der Waals surface area contributed by atoms with Crippen LogP contribution in [0, 0.1) is 6.92 Å². The predicted molar refractivity (Wildman–Crippen MR) is 59.1 cm³/mol. The number of phenols is 1. The lowest BCUT2D eigenvalue weighted by molar-refractivity contribution is -0.0716. The molecule has 0 saturated heterocycles. The normalized spacial score (nSPS) is 13.1. The van der Waals surface area contributed by atoms with Crippen molar-refractivity contribution in [3.05, 3.63) is 29.3 Å². The molecule has 0 aliphatic heterocycles. The lowest BCUT2D eigenvalue weighted by atomic mass is 9.99. The lowest BCUT2D eigenvalue weighted by Crippen LogP contribution is -2.36. The first-order valence-electron chi connectivity index (χ1n) is 4.43. The van der Waals surface area contributed by atoms with Gasteiger partial charge in [-0.2, -0.15) is 0 Å². The van der Waals surface area contributed by atoms with Gasteiger partial charge < -0.3 is 15.9 Å². The number of rotatable bonds is 3. The summed E-state index contributed by atoms with van der Waals surface area (Å²) in [6, 6.07) is 2.72. The molecule has 1 rings (SSSR count). The Hall–Kier alpha value is -0.910. The van der Waals surface area contributed by atoms with E-state index in [2.05, 4.69) is 0 Å². The fourth-order valence-electron chi connectivity index (χ4n) is 1.26. The molecular weight excluding hydrogens is 240 g/mol. The number of aryl methyl sites for hydroxylation is 1. The van der Waals surface area contributed by atoms with E-state index in [0.29, 0.717) is 5.56 Å². The van der Waals surface area contributed by atoms with Crippen molar-refractivity contribution in [3.63, 3.8) is 0 Å². The van der Waals surface area contributed by atoms with E-state index >= 15 is 0 Å². The molecule has 6 heteroatoms. The van der Waals surface area contributed by atoms with E-state index in [1.54, 1.807) is 13.0 Å². The highest BCUT2D eigenvalue weighted by atomic mass is 35.5. The molecule has 16 heavy (non-hydrogen) atoms. The number of phenolic OH excluding ortho intramolecular Hbond substituents is 1. The van der Waals surface area contributed by atoms with Crippen LogP contribution in [0.15, 0.2) is 18.2 Å². The van der Waals surface area contributed by atoms with Gasteiger partial charge in [0, 0.05) is 5.56 Å². The summed E-state index contributed by atoms with van der Waals surface area (Å²) in [5, 5.41) is 18.0. The second-order valence-corrected chi connectivity index (χ2v) is 3.41. The minimum absolute atomic E-state index is 0. The Morgan fingerprint density at radius 3 is 2.50 bits per heavy atom. The molecule has 0 heterocycles. The lowest BCUT2D eigenvalue weighted by Gasteiger charge is -2.22. The van der Waals surface area contributed by atoms with Crippen molar-refractivity contribution in [1.82, 2.24) is 0 Å². The minimum atomic E-state index is -3.44. The van der Waals surface area contributed by atoms with Gasteiger partial charge in [-0.15, -0.1) is 12.4 Å². The van der Waals surface area contributed by atoms with Crippen molar-refractivity contribution in [2.45, 2.75) is 18.9 Å². The zero-order chi connectivity index (χ0) is 11.6. The number of aromatic hydroxyl groups is 1. The van der Waals surface area contributed by atoms with Crippen LogP contribution < -0.4 is 5.73 Å². The molecule has 0 saturated carbocycles. The van der Waals surface area contributed by atoms with E-state index in [0.717, 1.165) is 0 Å². The fraction of sp³-hybridized carbons (Fsp3) is 0.400. The second-order valence-electron chi connectivity index (χ2n) is 3.41. The van der Waals surface area contributed by atoms with E-state index in [4.69, 9.17) is 10.8 Å². The molecule has 0 radical (unpaired) electrons. The molecule has 1 aromatic rings. The molecule has 4 N–H and O–H groups in total. The highest BCUT2D eigenvalue weighted by Crippen LogP contribution is 2.34. The molecule has 0 bridgehead atoms. The zero-order valence-electron chi connectivity index (χ0n) is 8.65. The number of hydrogen-bond acceptors (Lipinski definition) is 3. The first-order chi connectivity index (χ1) is 6.90. The number of aliphatic hydroxyl groups is 1. The fourth-order valence-corrected chi connectivity index (χ4v) is 1.26. The number of alkyl halides is 2. The summed E-state index contributed by atoms with van der Waals surface area (Å²) in [5.41, 5.74) is 5.69. The molecule has 0 aromatic heterocycles. The van der Waals surface area contributed by atoms with Crippen LogP contribution in [-0.4, -0.2) is 22.7 Å². The topological polar surface area (TPSA) is 66.5 Å². The van der Waals surface area contributed by atoms with Crippen molar-refractivity contribution in [2.24, 2.45) is 5.73 Å². The smallest absolute Gasteiger partial charge is 0.289 e. The summed E-state index contributed by atoms with van der Waals surface area (Å²) in [6.45, 7) is 0.240. The van der Waals surface area contributed by atoms with E-state index in [9.17, 15) is 13.9 Å². The maximum atomic E-state index is 13.1. The average molecular weight is 254 g/mol. The van der Waals surface area contributed by atoms with E-state index < -0.39 is 18.6 Å². The zero-order valence-corrected chi connectivity index (χ0v) is 9.47. The third kappa shape index (κ3) is 2.81. The molecule has 0 unspecified atom stereocenters. The maximum absolute atomic E-state index is 13.1.